The van der Waals surface area contributed by atoms with Gasteiger partial charge in [-0.15, -0.1) is 11.3 Å². The molecule has 0 atom stereocenters. The van der Waals surface area contributed by atoms with E-state index < -0.39 is 0 Å². The SMILES string of the molecule is O=C(CSc1nc2ccccc2s1)NCCc1c[nH]c2ccccc12. The van der Waals surface area contributed by atoms with Gasteiger partial charge in [0.25, 0.3) is 0 Å². The second kappa shape index (κ2) is 7.29. The normalized spacial score (nSPS) is 11.2. The Morgan fingerprint density at radius 1 is 1.16 bits per heavy atom. The molecule has 25 heavy (non-hydrogen) atoms. The average molecular weight is 367 g/mol. The zero-order valence-corrected chi connectivity index (χ0v) is 15.1. The van der Waals surface area contributed by atoms with Gasteiger partial charge in [0, 0.05) is 23.6 Å². The molecule has 0 radical (unpaired) electrons. The fourth-order valence-corrected chi connectivity index (χ4v) is 4.66. The molecule has 4 rings (SSSR count). The van der Waals surface area contributed by atoms with Crippen LogP contribution in [0.4, 0.5) is 0 Å². The lowest BCUT2D eigenvalue weighted by Gasteiger charge is -2.03. The Labute approximate surface area is 153 Å². The fourth-order valence-electron chi connectivity index (χ4n) is 2.77. The molecule has 2 N–H and O–H groups in total. The predicted molar refractivity (Wildman–Crippen MR) is 105 cm³/mol. The first kappa shape index (κ1) is 16.2. The van der Waals surface area contributed by atoms with Crippen molar-refractivity contribution in [2.24, 2.45) is 0 Å². The molecule has 4 aromatic rings. The van der Waals surface area contributed by atoms with Gasteiger partial charge in [0.15, 0.2) is 4.34 Å². The number of nitrogens with zero attached hydrogens (tertiary/aromatic N) is 1. The van der Waals surface area contributed by atoms with E-state index in [1.54, 1.807) is 11.3 Å². The first-order valence-corrected chi connectivity index (χ1v) is 9.90. The summed E-state index contributed by atoms with van der Waals surface area (Å²) in [4.78, 5) is 19.9. The first-order chi connectivity index (χ1) is 12.3. The monoisotopic (exact) mass is 367 g/mol. The maximum atomic E-state index is 12.1. The van der Waals surface area contributed by atoms with Crippen molar-refractivity contribution in [3.63, 3.8) is 0 Å². The Balaban J connectivity index is 1.27. The molecular weight excluding hydrogens is 350 g/mol. The number of aromatic nitrogens is 2. The van der Waals surface area contributed by atoms with Crippen LogP contribution >= 0.6 is 23.1 Å². The average Bonchev–Trinajstić information content (AvgIpc) is 3.24. The van der Waals surface area contributed by atoms with Gasteiger partial charge in [-0.05, 0) is 30.2 Å². The number of thioether (sulfide) groups is 1. The largest absolute Gasteiger partial charge is 0.361 e. The Morgan fingerprint density at radius 2 is 2.00 bits per heavy atom. The van der Waals surface area contributed by atoms with Crippen molar-refractivity contribution in [3.8, 4) is 0 Å². The minimum Gasteiger partial charge on any atom is -0.361 e. The summed E-state index contributed by atoms with van der Waals surface area (Å²) in [5.41, 5.74) is 3.36. The highest BCUT2D eigenvalue weighted by molar-refractivity contribution is 8.01. The number of thiazole rings is 1. The molecule has 126 valence electrons. The number of aromatic amines is 1. The summed E-state index contributed by atoms with van der Waals surface area (Å²) < 4.78 is 2.10. The van der Waals surface area contributed by atoms with E-state index in [0.717, 1.165) is 26.5 Å². The number of benzene rings is 2. The molecule has 6 heteroatoms. The van der Waals surface area contributed by atoms with Gasteiger partial charge < -0.3 is 10.3 Å². The second-order valence-corrected chi connectivity index (χ2v) is 7.95. The van der Waals surface area contributed by atoms with Crippen molar-refractivity contribution in [1.29, 1.82) is 0 Å². The maximum Gasteiger partial charge on any atom is 0.230 e. The van der Waals surface area contributed by atoms with Crippen LogP contribution in [0, 0.1) is 0 Å². The summed E-state index contributed by atoms with van der Waals surface area (Å²) in [6, 6.07) is 16.3. The summed E-state index contributed by atoms with van der Waals surface area (Å²) in [7, 11) is 0. The lowest BCUT2D eigenvalue weighted by atomic mass is 10.1. The molecule has 0 saturated heterocycles. The van der Waals surface area contributed by atoms with E-state index >= 15 is 0 Å². The maximum absolute atomic E-state index is 12.1. The third-order valence-electron chi connectivity index (χ3n) is 3.99. The van der Waals surface area contributed by atoms with Crippen molar-refractivity contribution in [2.45, 2.75) is 10.8 Å². The number of hydrogen-bond donors (Lipinski definition) is 2. The van der Waals surface area contributed by atoms with Crippen LogP contribution < -0.4 is 5.32 Å². The number of para-hydroxylation sites is 2. The molecule has 4 nitrogen and oxygen atoms in total. The fraction of sp³-hybridized carbons (Fsp3) is 0.158. The van der Waals surface area contributed by atoms with E-state index in [1.165, 1.54) is 22.7 Å². The van der Waals surface area contributed by atoms with Crippen LogP contribution in [0.5, 0.6) is 0 Å². The summed E-state index contributed by atoms with van der Waals surface area (Å²) in [5.74, 6) is 0.442. The van der Waals surface area contributed by atoms with Gasteiger partial charge in [-0.1, -0.05) is 42.1 Å². The number of hydrogen-bond acceptors (Lipinski definition) is 4. The van der Waals surface area contributed by atoms with E-state index in [4.69, 9.17) is 0 Å². The number of fused-ring (bicyclic) bond motifs is 2. The van der Waals surface area contributed by atoms with Crippen molar-refractivity contribution in [2.75, 3.05) is 12.3 Å². The van der Waals surface area contributed by atoms with Gasteiger partial charge in [0.2, 0.25) is 5.91 Å². The third kappa shape index (κ3) is 3.70. The molecule has 0 aliphatic rings. The molecule has 0 aliphatic heterocycles. The van der Waals surface area contributed by atoms with Gasteiger partial charge in [0.05, 0.1) is 16.0 Å². The highest BCUT2D eigenvalue weighted by Crippen LogP contribution is 2.29. The minimum absolute atomic E-state index is 0.0455. The Morgan fingerprint density at radius 3 is 2.92 bits per heavy atom. The quantitative estimate of drug-likeness (QED) is 0.502. The van der Waals surface area contributed by atoms with E-state index in [1.807, 2.05) is 36.5 Å². The number of carbonyl (C=O) groups excluding carboxylic acids is 1. The van der Waals surface area contributed by atoms with Crippen molar-refractivity contribution < 1.29 is 4.79 Å². The van der Waals surface area contributed by atoms with Crippen LogP contribution in [0.3, 0.4) is 0 Å². The van der Waals surface area contributed by atoms with E-state index in [2.05, 4.69) is 33.5 Å². The van der Waals surface area contributed by atoms with Crippen molar-refractivity contribution >= 4 is 50.1 Å². The predicted octanol–water partition coefficient (Wildman–Crippen LogP) is 4.23. The topological polar surface area (TPSA) is 57.8 Å². The van der Waals surface area contributed by atoms with Crippen LogP contribution in [-0.4, -0.2) is 28.2 Å². The van der Waals surface area contributed by atoms with Gasteiger partial charge in [-0.3, -0.25) is 4.79 Å². The van der Waals surface area contributed by atoms with Crippen molar-refractivity contribution in [3.05, 3.63) is 60.3 Å². The molecule has 0 spiro atoms. The van der Waals surface area contributed by atoms with E-state index in [9.17, 15) is 4.79 Å². The molecule has 0 bridgehead atoms. The molecule has 0 unspecified atom stereocenters. The number of H-pyrrole nitrogens is 1. The molecule has 0 aliphatic carbocycles. The zero-order valence-electron chi connectivity index (χ0n) is 13.5. The summed E-state index contributed by atoms with van der Waals surface area (Å²) in [6.45, 7) is 0.640. The van der Waals surface area contributed by atoms with Crippen molar-refractivity contribution in [1.82, 2.24) is 15.3 Å². The van der Waals surface area contributed by atoms with Crippen LogP contribution in [0.2, 0.25) is 0 Å². The Hall–Kier alpha value is -2.31. The summed E-state index contributed by atoms with van der Waals surface area (Å²) in [5, 5.41) is 4.22. The third-order valence-corrected chi connectivity index (χ3v) is 6.17. The zero-order chi connectivity index (χ0) is 17.1. The molecule has 2 heterocycles. The molecule has 0 fully saturated rings. The van der Waals surface area contributed by atoms with Gasteiger partial charge >= 0.3 is 0 Å². The molecule has 0 saturated carbocycles. The lowest BCUT2D eigenvalue weighted by Crippen LogP contribution is -2.27. The highest BCUT2D eigenvalue weighted by Gasteiger charge is 2.08. The number of amides is 1. The van der Waals surface area contributed by atoms with Crippen LogP contribution in [-0.2, 0) is 11.2 Å². The highest BCUT2D eigenvalue weighted by atomic mass is 32.2. The second-order valence-electron chi connectivity index (χ2n) is 5.70. The molecular formula is C19H17N3OS2. The number of nitrogens with one attached hydrogen (secondary N) is 2. The molecule has 2 aromatic heterocycles. The van der Waals surface area contributed by atoms with Gasteiger partial charge in [-0.2, -0.15) is 0 Å². The number of carbonyl (C=O) groups is 1. The van der Waals surface area contributed by atoms with Gasteiger partial charge in [0.1, 0.15) is 0 Å². The van der Waals surface area contributed by atoms with Crippen LogP contribution in [0.25, 0.3) is 21.1 Å². The lowest BCUT2D eigenvalue weighted by molar-refractivity contribution is -0.118. The van der Waals surface area contributed by atoms with Gasteiger partial charge in [-0.25, -0.2) is 4.98 Å². The standard InChI is InChI=1S/C19H17N3OS2/c23-18(12-24-19-22-16-7-3-4-8-17(16)25-19)20-10-9-13-11-21-15-6-2-1-5-14(13)15/h1-8,11,21H,9-10,12H2,(H,20,23). The summed E-state index contributed by atoms with van der Waals surface area (Å²) in [6.07, 6.45) is 2.84. The van der Waals surface area contributed by atoms with Crippen LogP contribution in [0.15, 0.2) is 59.1 Å². The minimum atomic E-state index is 0.0455. The van der Waals surface area contributed by atoms with E-state index in [-0.39, 0.29) is 5.91 Å². The van der Waals surface area contributed by atoms with Crippen LogP contribution in [0.1, 0.15) is 5.56 Å². The Bertz CT molecular complexity index is 989. The Kier molecular flexibility index (Phi) is 4.72. The smallest absolute Gasteiger partial charge is 0.230 e. The molecule has 1 amide bonds. The first-order valence-electron chi connectivity index (χ1n) is 8.10. The van der Waals surface area contributed by atoms with E-state index in [0.29, 0.717) is 12.3 Å². The summed E-state index contributed by atoms with van der Waals surface area (Å²) >= 11 is 3.12. The molecule has 2 aromatic carbocycles. The number of rotatable bonds is 6.